The Labute approximate surface area is 155 Å². The molecule has 0 radical (unpaired) electrons. The summed E-state index contributed by atoms with van der Waals surface area (Å²) >= 11 is 0. The maximum Gasteiger partial charge on any atom is 0.165 e. The molecule has 3 nitrogen and oxygen atoms in total. The second-order valence-corrected chi connectivity index (χ2v) is 6.36. The first-order valence-corrected chi connectivity index (χ1v) is 8.94. The van der Waals surface area contributed by atoms with Gasteiger partial charge in [-0.2, -0.15) is 0 Å². The predicted octanol–water partition coefficient (Wildman–Crippen LogP) is 4.91. The van der Waals surface area contributed by atoms with Crippen LogP contribution < -0.4 is 15.2 Å². The standard InChI is InChI=1S/C23H25NO2/c1-18(15-24)21-13-8-14-22(25-16-19-9-4-2-5-10-19)23(21)26-17-20-11-6-3-7-12-20/h2-14,18H,15-17,24H2,1H3. The molecule has 0 aliphatic rings. The summed E-state index contributed by atoms with van der Waals surface area (Å²) in [5.74, 6) is 1.73. The molecule has 1 atom stereocenters. The minimum Gasteiger partial charge on any atom is -0.485 e. The summed E-state index contributed by atoms with van der Waals surface area (Å²) in [5, 5.41) is 0. The molecule has 3 heteroatoms. The Bertz CT molecular complexity index is 803. The van der Waals surface area contributed by atoms with E-state index in [9.17, 15) is 0 Å². The molecule has 3 aromatic rings. The summed E-state index contributed by atoms with van der Waals surface area (Å²) < 4.78 is 12.3. The molecule has 134 valence electrons. The van der Waals surface area contributed by atoms with Gasteiger partial charge in [0.1, 0.15) is 13.2 Å². The largest absolute Gasteiger partial charge is 0.485 e. The van der Waals surface area contributed by atoms with E-state index in [0.29, 0.717) is 19.8 Å². The molecule has 0 amide bonds. The van der Waals surface area contributed by atoms with Crippen LogP contribution >= 0.6 is 0 Å². The first kappa shape index (κ1) is 18.0. The zero-order valence-electron chi connectivity index (χ0n) is 15.1. The van der Waals surface area contributed by atoms with Crippen LogP contribution in [0.15, 0.2) is 78.9 Å². The van der Waals surface area contributed by atoms with Crippen LogP contribution in [0, 0.1) is 0 Å². The molecular weight excluding hydrogens is 322 g/mol. The van der Waals surface area contributed by atoms with Crippen molar-refractivity contribution in [2.75, 3.05) is 6.54 Å². The lowest BCUT2D eigenvalue weighted by Gasteiger charge is -2.19. The fourth-order valence-electron chi connectivity index (χ4n) is 2.78. The van der Waals surface area contributed by atoms with Gasteiger partial charge in [0.2, 0.25) is 0 Å². The van der Waals surface area contributed by atoms with Gasteiger partial charge in [-0.25, -0.2) is 0 Å². The van der Waals surface area contributed by atoms with Crippen molar-refractivity contribution in [3.05, 3.63) is 95.6 Å². The van der Waals surface area contributed by atoms with Crippen molar-refractivity contribution in [2.45, 2.75) is 26.1 Å². The van der Waals surface area contributed by atoms with Crippen molar-refractivity contribution < 1.29 is 9.47 Å². The summed E-state index contributed by atoms with van der Waals surface area (Å²) in [5.41, 5.74) is 9.22. The third-order valence-electron chi connectivity index (χ3n) is 4.36. The molecule has 0 aliphatic heterocycles. The van der Waals surface area contributed by atoms with E-state index in [2.05, 4.69) is 37.3 Å². The van der Waals surface area contributed by atoms with E-state index in [1.807, 2.05) is 48.5 Å². The van der Waals surface area contributed by atoms with Crippen molar-refractivity contribution in [1.82, 2.24) is 0 Å². The summed E-state index contributed by atoms with van der Waals surface area (Å²) in [6.07, 6.45) is 0. The Morgan fingerprint density at radius 2 is 1.31 bits per heavy atom. The van der Waals surface area contributed by atoms with Gasteiger partial charge in [-0.05, 0) is 29.7 Å². The first-order valence-electron chi connectivity index (χ1n) is 8.94. The molecule has 0 saturated carbocycles. The Morgan fingerprint density at radius 3 is 1.88 bits per heavy atom. The smallest absolute Gasteiger partial charge is 0.165 e. The van der Waals surface area contributed by atoms with E-state index < -0.39 is 0 Å². The first-order chi connectivity index (χ1) is 12.8. The Balaban J connectivity index is 1.82. The predicted molar refractivity (Wildman–Crippen MR) is 105 cm³/mol. The Morgan fingerprint density at radius 1 is 0.731 bits per heavy atom. The topological polar surface area (TPSA) is 44.5 Å². The van der Waals surface area contributed by atoms with Crippen LogP contribution in [0.25, 0.3) is 0 Å². The van der Waals surface area contributed by atoms with Crippen molar-refractivity contribution in [2.24, 2.45) is 5.73 Å². The molecular formula is C23H25NO2. The number of rotatable bonds is 8. The molecule has 0 fully saturated rings. The van der Waals surface area contributed by atoms with Crippen molar-refractivity contribution in [3.63, 3.8) is 0 Å². The van der Waals surface area contributed by atoms with E-state index in [1.165, 1.54) is 0 Å². The van der Waals surface area contributed by atoms with Crippen molar-refractivity contribution in [3.8, 4) is 11.5 Å². The summed E-state index contributed by atoms with van der Waals surface area (Å²) in [6, 6.07) is 26.3. The van der Waals surface area contributed by atoms with E-state index in [0.717, 1.165) is 28.2 Å². The number of hydrogen-bond donors (Lipinski definition) is 1. The molecule has 0 bridgehead atoms. The van der Waals surface area contributed by atoms with Gasteiger partial charge < -0.3 is 15.2 Å². The number of para-hydroxylation sites is 1. The molecule has 0 spiro atoms. The third-order valence-corrected chi connectivity index (χ3v) is 4.36. The van der Waals surface area contributed by atoms with Gasteiger partial charge >= 0.3 is 0 Å². The molecule has 1 unspecified atom stereocenters. The highest BCUT2D eigenvalue weighted by atomic mass is 16.5. The lowest BCUT2D eigenvalue weighted by atomic mass is 10.00. The van der Waals surface area contributed by atoms with Gasteiger partial charge in [0, 0.05) is 5.56 Å². The maximum atomic E-state index is 6.19. The van der Waals surface area contributed by atoms with E-state index >= 15 is 0 Å². The van der Waals surface area contributed by atoms with Gasteiger partial charge in [-0.15, -0.1) is 0 Å². The maximum absolute atomic E-state index is 6.19. The van der Waals surface area contributed by atoms with Gasteiger partial charge in [-0.3, -0.25) is 0 Å². The highest BCUT2D eigenvalue weighted by Gasteiger charge is 2.16. The monoisotopic (exact) mass is 347 g/mol. The third kappa shape index (κ3) is 4.64. The van der Waals surface area contributed by atoms with E-state index in [4.69, 9.17) is 15.2 Å². The van der Waals surface area contributed by atoms with Gasteiger partial charge in [0.15, 0.2) is 11.5 Å². The highest BCUT2D eigenvalue weighted by molar-refractivity contribution is 5.48. The number of ether oxygens (including phenoxy) is 2. The van der Waals surface area contributed by atoms with E-state index in [1.54, 1.807) is 0 Å². The second-order valence-electron chi connectivity index (χ2n) is 6.36. The SMILES string of the molecule is CC(CN)c1cccc(OCc2ccccc2)c1OCc1ccccc1. The molecule has 0 aliphatic carbocycles. The molecule has 2 N–H and O–H groups in total. The van der Waals surface area contributed by atoms with Crippen LogP contribution in [0.5, 0.6) is 11.5 Å². The van der Waals surface area contributed by atoms with Gasteiger partial charge in [-0.1, -0.05) is 79.7 Å². The molecule has 3 aromatic carbocycles. The average molecular weight is 347 g/mol. The Hall–Kier alpha value is -2.78. The summed E-state index contributed by atoms with van der Waals surface area (Å²) in [6.45, 7) is 3.66. The quantitative estimate of drug-likeness (QED) is 0.630. The van der Waals surface area contributed by atoms with Crippen LogP contribution in [-0.4, -0.2) is 6.54 Å². The summed E-state index contributed by atoms with van der Waals surface area (Å²) in [4.78, 5) is 0. The van der Waals surface area contributed by atoms with Gasteiger partial charge in [0.05, 0.1) is 0 Å². The fourth-order valence-corrected chi connectivity index (χ4v) is 2.78. The summed E-state index contributed by atoms with van der Waals surface area (Å²) in [7, 11) is 0. The van der Waals surface area contributed by atoms with Crippen LogP contribution in [0.3, 0.4) is 0 Å². The van der Waals surface area contributed by atoms with E-state index in [-0.39, 0.29) is 5.92 Å². The van der Waals surface area contributed by atoms with Crippen LogP contribution in [0.4, 0.5) is 0 Å². The zero-order chi connectivity index (χ0) is 18.2. The molecule has 3 rings (SSSR count). The highest BCUT2D eigenvalue weighted by Crippen LogP contribution is 2.36. The minimum atomic E-state index is 0.195. The lowest BCUT2D eigenvalue weighted by molar-refractivity contribution is 0.253. The molecule has 0 saturated heterocycles. The second kappa shape index (κ2) is 9.07. The molecule has 0 heterocycles. The van der Waals surface area contributed by atoms with Crippen LogP contribution in [0.1, 0.15) is 29.5 Å². The minimum absolute atomic E-state index is 0.195. The molecule has 26 heavy (non-hydrogen) atoms. The fraction of sp³-hybridized carbons (Fsp3) is 0.217. The number of hydrogen-bond acceptors (Lipinski definition) is 3. The molecule has 0 aromatic heterocycles. The zero-order valence-corrected chi connectivity index (χ0v) is 15.1. The Kier molecular flexibility index (Phi) is 6.29. The lowest BCUT2D eigenvalue weighted by Crippen LogP contribution is -2.11. The van der Waals surface area contributed by atoms with Crippen LogP contribution in [0.2, 0.25) is 0 Å². The van der Waals surface area contributed by atoms with Crippen molar-refractivity contribution >= 4 is 0 Å². The normalized spacial score (nSPS) is 11.8. The number of benzene rings is 3. The number of nitrogens with two attached hydrogens (primary N) is 1. The van der Waals surface area contributed by atoms with Crippen molar-refractivity contribution in [1.29, 1.82) is 0 Å². The average Bonchev–Trinajstić information content (AvgIpc) is 2.71. The van der Waals surface area contributed by atoms with Crippen LogP contribution in [-0.2, 0) is 13.2 Å². The van der Waals surface area contributed by atoms with Gasteiger partial charge in [0.25, 0.3) is 0 Å².